The van der Waals surface area contributed by atoms with E-state index in [2.05, 4.69) is 10.1 Å². The summed E-state index contributed by atoms with van der Waals surface area (Å²) in [6.07, 6.45) is 1.96. The molecule has 1 N–H and O–H groups in total. The Morgan fingerprint density at radius 2 is 1.93 bits per heavy atom. The number of carbonyl (C=O) groups is 1. The van der Waals surface area contributed by atoms with E-state index in [9.17, 15) is 14.4 Å². The number of likely N-dealkylation sites (tertiary alicyclic amines) is 1. The number of halogens is 1. The predicted octanol–water partition coefficient (Wildman–Crippen LogP) is 3.38. The maximum absolute atomic E-state index is 13.1. The van der Waals surface area contributed by atoms with E-state index >= 15 is 0 Å². The summed E-state index contributed by atoms with van der Waals surface area (Å²) >= 11 is 0. The summed E-state index contributed by atoms with van der Waals surface area (Å²) in [6.45, 7) is 3.64. The highest BCUT2D eigenvalue weighted by molar-refractivity contribution is 6.01. The van der Waals surface area contributed by atoms with Crippen molar-refractivity contribution in [2.75, 3.05) is 33.3 Å². The van der Waals surface area contributed by atoms with Crippen molar-refractivity contribution in [3.8, 4) is 5.75 Å². The molecule has 1 saturated heterocycles. The molecule has 2 aromatic rings. The van der Waals surface area contributed by atoms with Gasteiger partial charge in [0.1, 0.15) is 17.3 Å². The van der Waals surface area contributed by atoms with E-state index < -0.39 is 0 Å². The Labute approximate surface area is 175 Å². The first-order valence-corrected chi connectivity index (χ1v) is 10.2. The van der Waals surface area contributed by atoms with Gasteiger partial charge >= 0.3 is 0 Å². The standard InChI is InChI=1S/C23H26FN3O3/c1-30-20-6-7-21-18(12-20)14-27(23(21)28)13-16-8-10-26(11-9-16)15-22(25-29)17-2-4-19(24)5-3-17/h2-7,12,16,29H,8-11,13-15H2,1H3/b25-22+. The molecule has 0 aromatic heterocycles. The average molecular weight is 411 g/mol. The van der Waals surface area contributed by atoms with Gasteiger partial charge in [-0.25, -0.2) is 4.39 Å². The van der Waals surface area contributed by atoms with Crippen molar-refractivity contribution >= 4 is 11.6 Å². The molecule has 0 bridgehead atoms. The molecule has 0 spiro atoms. The summed E-state index contributed by atoms with van der Waals surface area (Å²) in [5, 5.41) is 12.8. The lowest BCUT2D eigenvalue weighted by Gasteiger charge is -2.33. The lowest BCUT2D eigenvalue weighted by atomic mass is 9.95. The molecule has 0 radical (unpaired) electrons. The number of fused-ring (bicyclic) bond motifs is 1. The fraction of sp³-hybridized carbons (Fsp3) is 0.391. The number of methoxy groups -OCH3 is 1. The Balaban J connectivity index is 1.30. The highest BCUT2D eigenvalue weighted by Gasteiger charge is 2.31. The fourth-order valence-electron chi connectivity index (χ4n) is 4.31. The number of piperidine rings is 1. The molecule has 0 saturated carbocycles. The number of hydrogen-bond acceptors (Lipinski definition) is 5. The van der Waals surface area contributed by atoms with Crippen LogP contribution in [0.3, 0.4) is 0 Å². The summed E-state index contributed by atoms with van der Waals surface area (Å²) in [6, 6.07) is 11.6. The Morgan fingerprint density at radius 1 is 1.20 bits per heavy atom. The molecule has 0 atom stereocenters. The van der Waals surface area contributed by atoms with Crippen LogP contribution in [0.5, 0.6) is 5.75 Å². The Kier molecular flexibility index (Phi) is 5.99. The van der Waals surface area contributed by atoms with Gasteiger partial charge in [0.25, 0.3) is 5.91 Å². The first-order valence-electron chi connectivity index (χ1n) is 10.2. The van der Waals surface area contributed by atoms with Crippen LogP contribution in [0.4, 0.5) is 4.39 Å². The number of nitrogens with zero attached hydrogens (tertiary/aromatic N) is 3. The molecule has 4 rings (SSSR count). The SMILES string of the molecule is COc1ccc2c(c1)CN(CC1CCN(C/C(=N\O)c3ccc(F)cc3)CC1)C2=O. The van der Waals surface area contributed by atoms with Gasteiger partial charge < -0.3 is 14.8 Å². The van der Waals surface area contributed by atoms with Crippen LogP contribution in [-0.2, 0) is 6.54 Å². The number of ether oxygens (including phenoxy) is 1. The van der Waals surface area contributed by atoms with Gasteiger partial charge in [-0.3, -0.25) is 9.69 Å². The maximum atomic E-state index is 13.1. The normalized spacial score (nSPS) is 18.0. The van der Waals surface area contributed by atoms with Gasteiger partial charge in [-0.05, 0) is 67.7 Å². The molecular weight excluding hydrogens is 385 g/mol. The number of benzene rings is 2. The van der Waals surface area contributed by atoms with E-state index in [0.717, 1.165) is 54.9 Å². The number of amides is 1. The highest BCUT2D eigenvalue weighted by Crippen LogP contribution is 2.29. The quantitative estimate of drug-likeness (QED) is 0.450. The van der Waals surface area contributed by atoms with Crippen LogP contribution in [0.2, 0.25) is 0 Å². The molecule has 1 amide bonds. The van der Waals surface area contributed by atoms with Crippen molar-refractivity contribution in [1.82, 2.24) is 9.80 Å². The highest BCUT2D eigenvalue weighted by atomic mass is 19.1. The number of hydrogen-bond donors (Lipinski definition) is 1. The number of carbonyl (C=O) groups excluding carboxylic acids is 1. The van der Waals surface area contributed by atoms with Gasteiger partial charge in [0, 0.05) is 30.8 Å². The summed E-state index contributed by atoms with van der Waals surface area (Å²) in [5.41, 5.74) is 3.06. The van der Waals surface area contributed by atoms with Crippen LogP contribution in [0.15, 0.2) is 47.6 Å². The van der Waals surface area contributed by atoms with Gasteiger partial charge in [-0.1, -0.05) is 17.3 Å². The summed E-state index contributed by atoms with van der Waals surface area (Å²) in [5.74, 6) is 1.01. The van der Waals surface area contributed by atoms with Crippen molar-refractivity contribution in [1.29, 1.82) is 0 Å². The molecule has 2 aliphatic heterocycles. The smallest absolute Gasteiger partial charge is 0.254 e. The van der Waals surface area contributed by atoms with Gasteiger partial charge in [0.15, 0.2) is 0 Å². The molecule has 30 heavy (non-hydrogen) atoms. The van der Waals surface area contributed by atoms with Gasteiger partial charge in [-0.2, -0.15) is 0 Å². The van der Waals surface area contributed by atoms with E-state index in [1.165, 1.54) is 12.1 Å². The second-order valence-corrected chi connectivity index (χ2v) is 7.98. The van der Waals surface area contributed by atoms with Crippen molar-refractivity contribution in [2.45, 2.75) is 19.4 Å². The molecule has 2 heterocycles. The third-order valence-corrected chi connectivity index (χ3v) is 6.05. The zero-order valence-corrected chi connectivity index (χ0v) is 17.1. The molecule has 0 aliphatic carbocycles. The largest absolute Gasteiger partial charge is 0.497 e. The Hall–Kier alpha value is -2.93. The zero-order chi connectivity index (χ0) is 21.1. The van der Waals surface area contributed by atoms with Crippen LogP contribution in [0, 0.1) is 11.7 Å². The maximum Gasteiger partial charge on any atom is 0.254 e. The minimum atomic E-state index is -0.311. The summed E-state index contributed by atoms with van der Waals surface area (Å²) in [4.78, 5) is 16.9. The van der Waals surface area contributed by atoms with Gasteiger partial charge in [-0.15, -0.1) is 0 Å². The van der Waals surface area contributed by atoms with Crippen LogP contribution >= 0.6 is 0 Å². The van der Waals surface area contributed by atoms with E-state index in [1.54, 1.807) is 19.2 Å². The third kappa shape index (κ3) is 4.31. The topological polar surface area (TPSA) is 65.4 Å². The molecule has 158 valence electrons. The van der Waals surface area contributed by atoms with E-state index in [1.807, 2.05) is 23.1 Å². The average Bonchev–Trinajstić information content (AvgIpc) is 3.08. The van der Waals surface area contributed by atoms with Crippen molar-refractivity contribution in [2.24, 2.45) is 11.1 Å². The van der Waals surface area contributed by atoms with Crippen molar-refractivity contribution in [3.05, 3.63) is 65.0 Å². The second-order valence-electron chi connectivity index (χ2n) is 7.98. The molecular formula is C23H26FN3O3. The second kappa shape index (κ2) is 8.83. The molecule has 6 nitrogen and oxygen atoms in total. The summed E-state index contributed by atoms with van der Waals surface area (Å²) < 4.78 is 18.4. The van der Waals surface area contributed by atoms with Crippen LogP contribution in [-0.4, -0.2) is 59.9 Å². The lowest BCUT2D eigenvalue weighted by molar-refractivity contribution is 0.0719. The van der Waals surface area contributed by atoms with Crippen LogP contribution < -0.4 is 4.74 Å². The van der Waals surface area contributed by atoms with Crippen molar-refractivity contribution < 1.29 is 19.1 Å². The van der Waals surface area contributed by atoms with Crippen molar-refractivity contribution in [3.63, 3.8) is 0 Å². The van der Waals surface area contributed by atoms with E-state index in [0.29, 0.717) is 24.7 Å². The zero-order valence-electron chi connectivity index (χ0n) is 17.1. The minimum Gasteiger partial charge on any atom is -0.497 e. The predicted molar refractivity (Wildman–Crippen MR) is 112 cm³/mol. The molecule has 2 aliphatic rings. The third-order valence-electron chi connectivity index (χ3n) is 6.05. The van der Waals surface area contributed by atoms with Gasteiger partial charge in [0.05, 0.1) is 7.11 Å². The fourth-order valence-corrected chi connectivity index (χ4v) is 4.31. The summed E-state index contributed by atoms with van der Waals surface area (Å²) in [7, 11) is 1.63. The number of rotatable bonds is 6. The van der Waals surface area contributed by atoms with E-state index in [4.69, 9.17) is 4.74 Å². The molecule has 7 heteroatoms. The first-order chi connectivity index (χ1) is 14.6. The Morgan fingerprint density at radius 3 is 2.60 bits per heavy atom. The molecule has 0 unspecified atom stereocenters. The molecule has 1 fully saturated rings. The number of oxime groups is 1. The monoisotopic (exact) mass is 411 g/mol. The van der Waals surface area contributed by atoms with Crippen LogP contribution in [0.1, 0.15) is 34.3 Å². The lowest BCUT2D eigenvalue weighted by Crippen LogP contribution is -2.41. The van der Waals surface area contributed by atoms with E-state index in [-0.39, 0.29) is 11.7 Å². The molecule has 2 aromatic carbocycles. The Bertz CT molecular complexity index is 937. The first kappa shape index (κ1) is 20.3. The van der Waals surface area contributed by atoms with Gasteiger partial charge in [0.2, 0.25) is 0 Å². The minimum absolute atomic E-state index is 0.0982. The van der Waals surface area contributed by atoms with Crippen LogP contribution in [0.25, 0.3) is 0 Å².